The van der Waals surface area contributed by atoms with E-state index in [0.29, 0.717) is 18.2 Å². The average Bonchev–Trinajstić information content (AvgIpc) is 2.62. The van der Waals surface area contributed by atoms with Crippen LogP contribution in [0.2, 0.25) is 0 Å². The monoisotopic (exact) mass is 205 g/mol. The van der Waals surface area contributed by atoms with Gasteiger partial charge in [-0.05, 0) is 31.2 Å². The predicted octanol–water partition coefficient (Wildman–Crippen LogP) is 2.41. The lowest BCUT2D eigenvalue weighted by molar-refractivity contribution is 0.396. The van der Waals surface area contributed by atoms with E-state index < -0.39 is 0 Å². The first-order valence-electron chi connectivity index (χ1n) is 5.66. The molecule has 1 aliphatic rings. The van der Waals surface area contributed by atoms with Crippen molar-refractivity contribution < 1.29 is 5.11 Å². The number of benzene rings is 1. The lowest BCUT2D eigenvalue weighted by Gasteiger charge is -2.28. The number of nitrogens with two attached hydrogens (primary N) is 1. The average molecular weight is 205 g/mol. The van der Waals surface area contributed by atoms with Gasteiger partial charge in [0.1, 0.15) is 5.75 Å². The molecule has 2 rings (SSSR count). The maximum atomic E-state index is 9.90. The van der Waals surface area contributed by atoms with Crippen LogP contribution in [0.1, 0.15) is 31.7 Å². The third-order valence-electron chi connectivity index (χ3n) is 3.72. The van der Waals surface area contributed by atoms with E-state index in [1.54, 1.807) is 6.07 Å². The Bertz CT molecular complexity index is 350. The third-order valence-corrected chi connectivity index (χ3v) is 3.72. The molecule has 1 aliphatic carbocycles. The van der Waals surface area contributed by atoms with Crippen LogP contribution in [-0.2, 0) is 5.41 Å². The van der Waals surface area contributed by atoms with Crippen molar-refractivity contribution >= 4 is 0 Å². The Kier molecular flexibility index (Phi) is 2.70. The van der Waals surface area contributed by atoms with Crippen LogP contribution in [0.4, 0.5) is 0 Å². The molecule has 0 spiro atoms. The fraction of sp³-hybridized carbons (Fsp3) is 0.538. The van der Waals surface area contributed by atoms with Crippen molar-refractivity contribution in [3.63, 3.8) is 0 Å². The maximum Gasteiger partial charge on any atom is 0.119 e. The van der Waals surface area contributed by atoms with Gasteiger partial charge in [-0.2, -0.15) is 0 Å². The van der Waals surface area contributed by atoms with E-state index in [4.69, 9.17) is 5.73 Å². The number of phenolic OH excluding ortho intramolecular Hbond substituents is 1. The molecule has 3 N–H and O–H groups in total. The first-order valence-corrected chi connectivity index (χ1v) is 5.66. The van der Waals surface area contributed by atoms with E-state index in [1.807, 2.05) is 18.2 Å². The predicted molar refractivity (Wildman–Crippen MR) is 61.9 cm³/mol. The number of rotatable bonds is 2. The summed E-state index contributed by atoms with van der Waals surface area (Å²) in [4.78, 5) is 0. The number of hydrogen-bond acceptors (Lipinski definition) is 2. The quantitative estimate of drug-likeness (QED) is 0.778. The maximum absolute atomic E-state index is 9.90. The topological polar surface area (TPSA) is 46.2 Å². The van der Waals surface area contributed by atoms with Gasteiger partial charge in [0.05, 0.1) is 0 Å². The van der Waals surface area contributed by atoms with Crippen molar-refractivity contribution in [2.45, 2.75) is 31.6 Å². The van der Waals surface area contributed by atoms with Gasteiger partial charge in [-0.25, -0.2) is 0 Å². The van der Waals surface area contributed by atoms with E-state index >= 15 is 0 Å². The van der Waals surface area contributed by atoms with Crippen molar-refractivity contribution in [1.29, 1.82) is 0 Å². The zero-order valence-electron chi connectivity index (χ0n) is 9.24. The molecule has 2 nitrogen and oxygen atoms in total. The third kappa shape index (κ3) is 1.74. The van der Waals surface area contributed by atoms with Crippen molar-refractivity contribution in [2.75, 3.05) is 6.54 Å². The second kappa shape index (κ2) is 3.86. The molecule has 1 aromatic rings. The summed E-state index contributed by atoms with van der Waals surface area (Å²) in [5, 5.41) is 9.90. The number of phenols is 1. The van der Waals surface area contributed by atoms with E-state index in [0.717, 1.165) is 18.4 Å². The molecule has 0 saturated heterocycles. The van der Waals surface area contributed by atoms with Crippen LogP contribution < -0.4 is 5.73 Å². The van der Waals surface area contributed by atoms with Gasteiger partial charge in [0.2, 0.25) is 0 Å². The molecule has 2 unspecified atom stereocenters. The van der Waals surface area contributed by atoms with Crippen molar-refractivity contribution in [1.82, 2.24) is 0 Å². The minimum Gasteiger partial charge on any atom is -0.508 e. The molecule has 1 aromatic carbocycles. The van der Waals surface area contributed by atoms with Crippen LogP contribution in [0.15, 0.2) is 24.3 Å². The molecule has 15 heavy (non-hydrogen) atoms. The molecule has 0 aromatic heterocycles. The Hall–Kier alpha value is -1.02. The van der Waals surface area contributed by atoms with Crippen LogP contribution in [-0.4, -0.2) is 11.7 Å². The summed E-state index contributed by atoms with van der Waals surface area (Å²) in [6.07, 6.45) is 3.41. The van der Waals surface area contributed by atoms with E-state index in [-0.39, 0.29) is 5.41 Å². The smallest absolute Gasteiger partial charge is 0.119 e. The van der Waals surface area contributed by atoms with Crippen molar-refractivity contribution in [3.05, 3.63) is 29.8 Å². The Morgan fingerprint density at radius 3 is 2.73 bits per heavy atom. The van der Waals surface area contributed by atoms with Gasteiger partial charge in [0, 0.05) is 17.5 Å². The lowest BCUT2D eigenvalue weighted by Crippen LogP contribution is -2.32. The van der Waals surface area contributed by atoms with Crippen LogP contribution in [0, 0.1) is 5.92 Å². The Labute approximate surface area is 91.1 Å². The van der Waals surface area contributed by atoms with Crippen molar-refractivity contribution in [2.24, 2.45) is 11.7 Å². The molecule has 0 amide bonds. The second-order valence-corrected chi connectivity index (χ2v) is 4.85. The van der Waals surface area contributed by atoms with Gasteiger partial charge in [-0.1, -0.05) is 25.1 Å². The Morgan fingerprint density at radius 1 is 1.47 bits per heavy atom. The molecule has 82 valence electrons. The number of para-hydroxylation sites is 1. The molecule has 0 bridgehead atoms. The first-order chi connectivity index (χ1) is 7.18. The Morgan fingerprint density at radius 2 is 2.20 bits per heavy atom. The molecular weight excluding hydrogens is 186 g/mol. The van der Waals surface area contributed by atoms with Gasteiger partial charge in [0.15, 0.2) is 0 Å². The van der Waals surface area contributed by atoms with Crippen LogP contribution in [0.3, 0.4) is 0 Å². The van der Waals surface area contributed by atoms with Gasteiger partial charge < -0.3 is 10.8 Å². The van der Waals surface area contributed by atoms with E-state index in [1.165, 1.54) is 6.42 Å². The summed E-state index contributed by atoms with van der Waals surface area (Å²) in [6, 6.07) is 7.62. The highest BCUT2D eigenvalue weighted by atomic mass is 16.3. The molecule has 0 radical (unpaired) electrons. The minimum atomic E-state index is 0.0186. The summed E-state index contributed by atoms with van der Waals surface area (Å²) in [5.74, 6) is 1.12. The van der Waals surface area contributed by atoms with Crippen LogP contribution in [0.25, 0.3) is 0 Å². The highest BCUT2D eigenvalue weighted by Gasteiger charge is 2.39. The van der Waals surface area contributed by atoms with Crippen LogP contribution >= 0.6 is 0 Å². The molecule has 2 atom stereocenters. The SMILES string of the molecule is CC1CCC(CN)(c2ccccc2O)C1. The van der Waals surface area contributed by atoms with E-state index in [2.05, 4.69) is 6.92 Å². The van der Waals surface area contributed by atoms with Crippen LogP contribution in [0.5, 0.6) is 5.75 Å². The van der Waals surface area contributed by atoms with Gasteiger partial charge in [-0.15, -0.1) is 0 Å². The molecule has 2 heteroatoms. The highest BCUT2D eigenvalue weighted by molar-refractivity contribution is 5.39. The summed E-state index contributed by atoms with van der Waals surface area (Å²) < 4.78 is 0. The minimum absolute atomic E-state index is 0.0186. The first kappa shape index (κ1) is 10.5. The molecular formula is C13H19NO. The fourth-order valence-electron chi connectivity index (χ4n) is 2.86. The zero-order valence-corrected chi connectivity index (χ0v) is 9.24. The second-order valence-electron chi connectivity index (χ2n) is 4.85. The van der Waals surface area contributed by atoms with E-state index in [9.17, 15) is 5.11 Å². The summed E-state index contributed by atoms with van der Waals surface area (Å²) in [6.45, 7) is 2.90. The largest absolute Gasteiger partial charge is 0.508 e. The van der Waals surface area contributed by atoms with Crippen molar-refractivity contribution in [3.8, 4) is 5.75 Å². The normalized spacial score (nSPS) is 30.7. The van der Waals surface area contributed by atoms with Gasteiger partial charge >= 0.3 is 0 Å². The highest BCUT2D eigenvalue weighted by Crippen LogP contribution is 2.45. The summed E-state index contributed by atoms with van der Waals surface area (Å²) >= 11 is 0. The molecule has 0 heterocycles. The van der Waals surface area contributed by atoms with Gasteiger partial charge in [-0.3, -0.25) is 0 Å². The molecule has 0 aliphatic heterocycles. The number of hydrogen-bond donors (Lipinski definition) is 2. The molecule has 1 fully saturated rings. The van der Waals surface area contributed by atoms with Gasteiger partial charge in [0.25, 0.3) is 0 Å². The fourth-order valence-corrected chi connectivity index (χ4v) is 2.86. The lowest BCUT2D eigenvalue weighted by atomic mass is 9.78. The standard InChI is InChI=1S/C13H19NO/c1-10-6-7-13(8-10,9-14)11-4-2-3-5-12(11)15/h2-5,10,15H,6-9,14H2,1H3. The summed E-state index contributed by atoms with van der Waals surface area (Å²) in [5.41, 5.74) is 6.98. The summed E-state index contributed by atoms with van der Waals surface area (Å²) in [7, 11) is 0. The zero-order chi connectivity index (χ0) is 10.9. The molecule has 1 saturated carbocycles. The number of aromatic hydroxyl groups is 1. The Balaban J connectivity index is 2.39.